The molecular weight excluding hydrogens is 396 g/mol. The van der Waals surface area contributed by atoms with Crippen LogP contribution in [0.1, 0.15) is 35.6 Å². The number of imidazole rings is 1. The molecule has 2 aliphatic rings. The van der Waals surface area contributed by atoms with Crippen molar-refractivity contribution in [3.63, 3.8) is 0 Å². The molecule has 1 spiro atoms. The number of furan rings is 1. The molecule has 1 aromatic carbocycles. The van der Waals surface area contributed by atoms with Crippen molar-refractivity contribution in [2.75, 3.05) is 32.8 Å². The molecular formula is C23H26N4O4. The molecule has 2 saturated heterocycles. The molecule has 8 heteroatoms. The van der Waals surface area contributed by atoms with E-state index in [0.717, 1.165) is 29.7 Å². The van der Waals surface area contributed by atoms with Gasteiger partial charge in [-0.2, -0.15) is 0 Å². The van der Waals surface area contributed by atoms with Crippen molar-refractivity contribution >= 4 is 22.8 Å². The van der Waals surface area contributed by atoms with Gasteiger partial charge in [0.2, 0.25) is 5.91 Å². The van der Waals surface area contributed by atoms with E-state index >= 15 is 0 Å². The lowest BCUT2D eigenvalue weighted by atomic mass is 9.89. The Morgan fingerprint density at radius 1 is 1.06 bits per heavy atom. The van der Waals surface area contributed by atoms with Gasteiger partial charge in [0.25, 0.3) is 5.91 Å². The second-order valence-corrected chi connectivity index (χ2v) is 8.32. The number of nitrogens with one attached hydrogen (secondary N) is 1. The lowest BCUT2D eigenvalue weighted by molar-refractivity contribution is -0.147. The first kappa shape index (κ1) is 19.8. The molecule has 2 aliphatic heterocycles. The number of fused-ring (bicyclic) bond motifs is 1. The Morgan fingerprint density at radius 2 is 1.90 bits per heavy atom. The fourth-order valence-corrected chi connectivity index (χ4v) is 4.55. The van der Waals surface area contributed by atoms with Gasteiger partial charge in [0.05, 0.1) is 36.0 Å². The average Bonchev–Trinajstić information content (AvgIpc) is 3.47. The molecule has 4 heterocycles. The Bertz CT molecular complexity index is 1030. The van der Waals surface area contributed by atoms with E-state index in [1.165, 1.54) is 6.26 Å². The van der Waals surface area contributed by atoms with E-state index in [1.807, 2.05) is 29.2 Å². The molecule has 0 unspecified atom stereocenters. The first-order valence-electron chi connectivity index (χ1n) is 10.8. The van der Waals surface area contributed by atoms with Crippen LogP contribution in [0.3, 0.4) is 0 Å². The zero-order valence-electron chi connectivity index (χ0n) is 17.4. The fourth-order valence-electron chi connectivity index (χ4n) is 4.55. The summed E-state index contributed by atoms with van der Waals surface area (Å²) in [5.74, 6) is 1.23. The fraction of sp³-hybridized carbons (Fsp3) is 0.435. The third-order valence-electron chi connectivity index (χ3n) is 6.31. The van der Waals surface area contributed by atoms with Crippen LogP contribution in [-0.4, -0.2) is 70.0 Å². The number of hydrogen-bond acceptors (Lipinski definition) is 5. The number of para-hydroxylation sites is 2. The van der Waals surface area contributed by atoms with Gasteiger partial charge in [-0.15, -0.1) is 0 Å². The second-order valence-electron chi connectivity index (χ2n) is 8.32. The van der Waals surface area contributed by atoms with Crippen molar-refractivity contribution in [2.45, 2.75) is 31.3 Å². The molecule has 162 valence electrons. The molecule has 8 nitrogen and oxygen atoms in total. The van der Waals surface area contributed by atoms with Crippen molar-refractivity contribution < 1.29 is 18.7 Å². The second kappa shape index (κ2) is 8.19. The third kappa shape index (κ3) is 4.07. The molecule has 2 fully saturated rings. The van der Waals surface area contributed by atoms with Gasteiger partial charge in [-0.1, -0.05) is 12.1 Å². The maximum atomic E-state index is 12.8. The molecule has 31 heavy (non-hydrogen) atoms. The topological polar surface area (TPSA) is 91.7 Å². The van der Waals surface area contributed by atoms with Crippen LogP contribution >= 0.6 is 0 Å². The number of amides is 2. The van der Waals surface area contributed by atoms with Gasteiger partial charge in [0.1, 0.15) is 5.82 Å². The molecule has 0 bridgehead atoms. The molecule has 0 radical (unpaired) electrons. The number of likely N-dealkylation sites (tertiary alicyclic amines) is 1. The Labute approximate surface area is 180 Å². The zero-order valence-corrected chi connectivity index (χ0v) is 17.4. The average molecular weight is 422 g/mol. The van der Waals surface area contributed by atoms with Gasteiger partial charge in [-0.05, 0) is 37.1 Å². The monoisotopic (exact) mass is 422 g/mol. The number of aromatic amines is 1. The Kier molecular flexibility index (Phi) is 5.23. The smallest absolute Gasteiger partial charge is 0.289 e. The number of H-pyrrole nitrogens is 1. The van der Waals surface area contributed by atoms with Crippen molar-refractivity contribution in [1.29, 1.82) is 0 Å². The molecule has 3 aromatic rings. The van der Waals surface area contributed by atoms with Crippen LogP contribution in [0.5, 0.6) is 0 Å². The first-order chi connectivity index (χ1) is 15.1. The number of hydrogen-bond donors (Lipinski definition) is 1. The quantitative estimate of drug-likeness (QED) is 0.698. The predicted molar refractivity (Wildman–Crippen MR) is 114 cm³/mol. The van der Waals surface area contributed by atoms with Gasteiger partial charge >= 0.3 is 0 Å². The van der Waals surface area contributed by atoms with Crippen LogP contribution in [0.2, 0.25) is 0 Å². The van der Waals surface area contributed by atoms with Crippen LogP contribution in [0, 0.1) is 0 Å². The lowest BCUT2D eigenvalue weighted by Gasteiger charge is -2.47. The number of nitrogens with zero attached hydrogens (tertiary/aromatic N) is 3. The number of carbonyl (C=O) groups is 2. The summed E-state index contributed by atoms with van der Waals surface area (Å²) in [6.45, 7) is 2.88. The maximum absolute atomic E-state index is 12.8. The number of benzene rings is 1. The van der Waals surface area contributed by atoms with Crippen LogP contribution in [0.4, 0.5) is 0 Å². The number of rotatable bonds is 4. The van der Waals surface area contributed by atoms with Crippen LogP contribution in [0.25, 0.3) is 11.0 Å². The SMILES string of the molecule is O=C(CCc1nc2ccccc2[nH]1)N1CCC2(CC1)CN(C(=O)c1ccco1)CCO2. The van der Waals surface area contributed by atoms with Gasteiger partial charge < -0.3 is 23.9 Å². The molecule has 0 saturated carbocycles. The molecule has 0 aliphatic carbocycles. The van der Waals surface area contributed by atoms with Gasteiger partial charge in [0, 0.05) is 32.5 Å². The predicted octanol–water partition coefficient (Wildman–Crippen LogP) is 2.62. The van der Waals surface area contributed by atoms with Crippen molar-refractivity contribution in [1.82, 2.24) is 19.8 Å². The Morgan fingerprint density at radius 3 is 2.68 bits per heavy atom. The first-order valence-corrected chi connectivity index (χ1v) is 10.8. The molecule has 5 rings (SSSR count). The van der Waals surface area contributed by atoms with E-state index < -0.39 is 0 Å². The molecule has 0 atom stereocenters. The Hall–Kier alpha value is -3.13. The van der Waals surface area contributed by atoms with Gasteiger partial charge in [-0.25, -0.2) is 4.98 Å². The number of piperidine rings is 1. The Balaban J connectivity index is 1.15. The summed E-state index contributed by atoms with van der Waals surface area (Å²) in [5, 5.41) is 0. The lowest BCUT2D eigenvalue weighted by Crippen LogP contribution is -2.58. The molecule has 1 N–H and O–H groups in total. The number of aryl methyl sites for hydroxylation is 1. The zero-order chi connectivity index (χ0) is 21.3. The van der Waals surface area contributed by atoms with Gasteiger partial charge in [0.15, 0.2) is 5.76 Å². The van der Waals surface area contributed by atoms with E-state index in [4.69, 9.17) is 9.15 Å². The largest absolute Gasteiger partial charge is 0.459 e. The van der Waals surface area contributed by atoms with E-state index in [-0.39, 0.29) is 17.4 Å². The molecule has 2 aromatic heterocycles. The minimum Gasteiger partial charge on any atom is -0.459 e. The van der Waals surface area contributed by atoms with E-state index in [1.54, 1.807) is 17.0 Å². The summed E-state index contributed by atoms with van der Waals surface area (Å²) in [6.07, 6.45) is 3.99. The van der Waals surface area contributed by atoms with E-state index in [2.05, 4.69) is 9.97 Å². The van der Waals surface area contributed by atoms with Gasteiger partial charge in [-0.3, -0.25) is 9.59 Å². The third-order valence-corrected chi connectivity index (χ3v) is 6.31. The van der Waals surface area contributed by atoms with Crippen molar-refractivity contribution in [3.05, 3.63) is 54.2 Å². The molecule has 2 amide bonds. The number of carbonyl (C=O) groups excluding carboxylic acids is 2. The van der Waals surface area contributed by atoms with E-state index in [0.29, 0.717) is 51.4 Å². The highest BCUT2D eigenvalue weighted by molar-refractivity contribution is 5.91. The summed E-state index contributed by atoms with van der Waals surface area (Å²) >= 11 is 0. The summed E-state index contributed by atoms with van der Waals surface area (Å²) in [4.78, 5) is 36.9. The number of aromatic nitrogens is 2. The summed E-state index contributed by atoms with van der Waals surface area (Å²) in [6, 6.07) is 11.3. The standard InChI is InChI=1S/C23H26N4O4/c28-21(8-7-20-24-17-4-1-2-5-18(17)25-20)26-11-9-23(10-12-26)16-27(13-15-31-23)22(29)19-6-3-14-30-19/h1-6,14H,7-13,15-16H2,(H,24,25). The van der Waals surface area contributed by atoms with Crippen LogP contribution in [0.15, 0.2) is 47.1 Å². The highest BCUT2D eigenvalue weighted by Gasteiger charge is 2.42. The van der Waals surface area contributed by atoms with Crippen molar-refractivity contribution in [2.24, 2.45) is 0 Å². The highest BCUT2D eigenvalue weighted by atomic mass is 16.5. The highest BCUT2D eigenvalue weighted by Crippen LogP contribution is 2.31. The summed E-state index contributed by atoms with van der Waals surface area (Å²) in [5.41, 5.74) is 1.54. The van der Waals surface area contributed by atoms with Crippen LogP contribution < -0.4 is 0 Å². The minimum atomic E-state index is -0.379. The van der Waals surface area contributed by atoms with Crippen LogP contribution in [-0.2, 0) is 16.0 Å². The van der Waals surface area contributed by atoms with Crippen molar-refractivity contribution in [3.8, 4) is 0 Å². The number of morpholine rings is 1. The number of ether oxygens (including phenoxy) is 1. The normalized spacial score (nSPS) is 18.6. The minimum absolute atomic E-state index is 0.1000. The van der Waals surface area contributed by atoms with E-state index in [9.17, 15) is 9.59 Å². The maximum Gasteiger partial charge on any atom is 0.289 e. The summed E-state index contributed by atoms with van der Waals surface area (Å²) < 4.78 is 11.4. The summed E-state index contributed by atoms with van der Waals surface area (Å²) in [7, 11) is 0.